The molecule has 6 nitrogen and oxygen atoms in total. The van der Waals surface area contributed by atoms with E-state index in [4.69, 9.17) is 4.74 Å². The van der Waals surface area contributed by atoms with Crippen molar-refractivity contribution in [2.75, 3.05) is 6.54 Å². The van der Waals surface area contributed by atoms with Gasteiger partial charge in [-0.25, -0.2) is 9.18 Å². The molecule has 0 aliphatic carbocycles. The second-order valence-corrected chi connectivity index (χ2v) is 7.64. The average Bonchev–Trinajstić information content (AvgIpc) is 2.99. The molecule has 0 bridgehead atoms. The van der Waals surface area contributed by atoms with Crippen molar-refractivity contribution >= 4 is 38.7 Å². The Labute approximate surface area is 173 Å². The van der Waals surface area contributed by atoms with Gasteiger partial charge in [-0.15, -0.1) is 0 Å². The van der Waals surface area contributed by atoms with Crippen LogP contribution in [-0.4, -0.2) is 23.0 Å². The molecule has 0 fully saturated rings. The number of benzene rings is 2. The molecule has 1 atom stereocenters. The van der Waals surface area contributed by atoms with Crippen molar-refractivity contribution in [3.05, 3.63) is 80.3 Å². The van der Waals surface area contributed by atoms with E-state index in [1.54, 1.807) is 18.2 Å². The molecule has 0 saturated carbocycles. The van der Waals surface area contributed by atoms with Crippen LogP contribution < -0.4 is 10.9 Å². The molecular weight excluding hydrogens is 443 g/mol. The third-order valence-electron chi connectivity index (χ3n) is 4.82. The van der Waals surface area contributed by atoms with Crippen molar-refractivity contribution in [3.63, 3.8) is 0 Å². The summed E-state index contributed by atoms with van der Waals surface area (Å²) in [4.78, 5) is 36.5. The minimum atomic E-state index is -0.481. The van der Waals surface area contributed by atoms with Crippen LogP contribution in [0.4, 0.5) is 4.39 Å². The van der Waals surface area contributed by atoms with Crippen LogP contribution in [0.1, 0.15) is 28.4 Å². The zero-order valence-electron chi connectivity index (χ0n) is 15.2. The van der Waals surface area contributed by atoms with E-state index in [9.17, 15) is 18.8 Å². The van der Waals surface area contributed by atoms with Gasteiger partial charge in [0.2, 0.25) is 5.91 Å². The molecule has 0 radical (unpaired) electrons. The lowest BCUT2D eigenvalue weighted by Crippen LogP contribution is -2.33. The molecule has 0 spiro atoms. The number of cyclic esters (lactones) is 1. The Kier molecular flexibility index (Phi) is 5.19. The molecule has 1 aliphatic heterocycles. The maximum Gasteiger partial charge on any atom is 0.339 e. The first-order valence-corrected chi connectivity index (χ1v) is 9.78. The van der Waals surface area contributed by atoms with Crippen LogP contribution in [0, 0.1) is 5.82 Å². The van der Waals surface area contributed by atoms with Crippen LogP contribution in [0.25, 0.3) is 10.9 Å². The molecule has 8 heteroatoms. The topological polar surface area (TPSA) is 77.4 Å². The highest BCUT2D eigenvalue weighted by Crippen LogP contribution is 2.34. The third-order valence-corrected chi connectivity index (χ3v) is 5.31. The highest BCUT2D eigenvalue weighted by atomic mass is 79.9. The third kappa shape index (κ3) is 3.93. The van der Waals surface area contributed by atoms with E-state index in [0.717, 1.165) is 10.0 Å². The van der Waals surface area contributed by atoms with Crippen molar-refractivity contribution in [2.45, 2.75) is 19.1 Å². The van der Waals surface area contributed by atoms with Crippen molar-refractivity contribution in [3.8, 4) is 0 Å². The van der Waals surface area contributed by atoms with Crippen LogP contribution in [0.15, 0.2) is 57.8 Å². The number of rotatable bonds is 5. The van der Waals surface area contributed by atoms with Crippen molar-refractivity contribution in [2.24, 2.45) is 0 Å². The molecule has 148 valence electrons. The van der Waals surface area contributed by atoms with Gasteiger partial charge < -0.3 is 10.1 Å². The van der Waals surface area contributed by atoms with Gasteiger partial charge in [-0.1, -0.05) is 22.0 Å². The Morgan fingerprint density at radius 3 is 2.76 bits per heavy atom. The Morgan fingerprint density at radius 1 is 1.14 bits per heavy atom. The first-order valence-electron chi connectivity index (χ1n) is 8.98. The van der Waals surface area contributed by atoms with Gasteiger partial charge in [0.05, 0.1) is 11.1 Å². The summed E-state index contributed by atoms with van der Waals surface area (Å²) in [7, 11) is 0. The van der Waals surface area contributed by atoms with E-state index in [0.29, 0.717) is 22.9 Å². The summed E-state index contributed by atoms with van der Waals surface area (Å²) in [5.41, 5.74) is 1.27. The van der Waals surface area contributed by atoms with E-state index < -0.39 is 11.9 Å². The molecular formula is C21H16BrFN2O4. The van der Waals surface area contributed by atoms with Crippen LogP contribution >= 0.6 is 15.9 Å². The van der Waals surface area contributed by atoms with Gasteiger partial charge in [0, 0.05) is 29.1 Å². The van der Waals surface area contributed by atoms with Crippen molar-refractivity contribution in [1.29, 1.82) is 0 Å². The highest BCUT2D eigenvalue weighted by molar-refractivity contribution is 9.10. The summed E-state index contributed by atoms with van der Waals surface area (Å²) >= 11 is 3.33. The molecule has 0 saturated heterocycles. The van der Waals surface area contributed by atoms with Gasteiger partial charge in [-0.3, -0.25) is 14.2 Å². The number of carbonyl (C=O) groups is 2. The number of aromatic nitrogens is 1. The minimum absolute atomic E-state index is 0.229. The number of nitrogens with one attached hydrogen (secondary N) is 1. The number of esters is 1. The van der Waals surface area contributed by atoms with Gasteiger partial charge in [0.25, 0.3) is 5.56 Å². The van der Waals surface area contributed by atoms with E-state index in [2.05, 4.69) is 21.2 Å². The van der Waals surface area contributed by atoms with Crippen molar-refractivity contribution in [1.82, 2.24) is 9.88 Å². The van der Waals surface area contributed by atoms with E-state index in [1.165, 1.54) is 22.8 Å². The molecule has 1 aromatic heterocycles. The van der Waals surface area contributed by atoms with Crippen molar-refractivity contribution < 1.29 is 18.7 Å². The quantitative estimate of drug-likeness (QED) is 0.594. The number of fused-ring (bicyclic) bond motifs is 2. The molecule has 4 rings (SSSR count). The lowest BCUT2D eigenvalue weighted by atomic mass is 10.0. The van der Waals surface area contributed by atoms with E-state index >= 15 is 0 Å². The van der Waals surface area contributed by atoms with Gasteiger partial charge in [-0.05, 0) is 41.8 Å². The molecule has 2 heterocycles. The average molecular weight is 459 g/mol. The Morgan fingerprint density at radius 2 is 1.93 bits per heavy atom. The second-order valence-electron chi connectivity index (χ2n) is 6.73. The first kappa shape index (κ1) is 19.3. The summed E-state index contributed by atoms with van der Waals surface area (Å²) < 4.78 is 21.0. The summed E-state index contributed by atoms with van der Waals surface area (Å²) in [6.45, 7) is 0.0355. The molecule has 1 N–H and O–H groups in total. The second kappa shape index (κ2) is 7.79. The number of halogens is 2. The van der Waals surface area contributed by atoms with E-state index in [1.807, 2.05) is 12.1 Å². The lowest BCUT2D eigenvalue weighted by Gasteiger charge is -2.13. The fourth-order valence-electron chi connectivity index (χ4n) is 3.42. The lowest BCUT2D eigenvalue weighted by molar-refractivity contribution is -0.121. The normalized spacial score (nSPS) is 15.2. The Bertz CT molecular complexity index is 1190. The molecule has 1 amide bonds. The predicted molar refractivity (Wildman–Crippen MR) is 108 cm³/mol. The number of hydrogen-bond acceptors (Lipinski definition) is 4. The fourth-order valence-corrected chi connectivity index (χ4v) is 3.78. The zero-order chi connectivity index (χ0) is 20.5. The first-order chi connectivity index (χ1) is 13.9. The fraction of sp³-hybridized carbons (Fsp3) is 0.190. The Balaban J connectivity index is 1.42. The molecule has 3 aromatic rings. The standard InChI is InChI=1S/C21H16BrFN2O4/c22-13-3-5-15-16(9-13)21(28)29-18(15)7-8-24-19(26)11-25-17-10-14(23)4-1-12(17)2-6-20(25)27/h1-6,9-10,18H,7-8,11H2,(H,24,26). The van der Waals surface area contributed by atoms with Crippen LogP contribution in [0.2, 0.25) is 0 Å². The summed E-state index contributed by atoms with van der Waals surface area (Å²) in [5, 5.41) is 3.39. The summed E-state index contributed by atoms with van der Waals surface area (Å²) in [5.74, 6) is -1.25. The maximum absolute atomic E-state index is 13.6. The minimum Gasteiger partial charge on any atom is -0.454 e. The number of ether oxygens (including phenoxy) is 1. The Hall–Kier alpha value is -3.00. The van der Waals surface area contributed by atoms with Crippen LogP contribution in [-0.2, 0) is 16.1 Å². The zero-order valence-corrected chi connectivity index (χ0v) is 16.7. The number of nitrogens with zero attached hydrogens (tertiary/aromatic N) is 1. The SMILES string of the molecule is O=C(Cn1c(=O)ccc2ccc(F)cc21)NCCC1OC(=O)c2cc(Br)ccc21. The number of hydrogen-bond donors (Lipinski definition) is 1. The largest absolute Gasteiger partial charge is 0.454 e. The molecule has 29 heavy (non-hydrogen) atoms. The van der Waals surface area contributed by atoms with Gasteiger partial charge in [-0.2, -0.15) is 0 Å². The summed E-state index contributed by atoms with van der Waals surface area (Å²) in [6.07, 6.45) is -0.0224. The monoisotopic (exact) mass is 458 g/mol. The maximum atomic E-state index is 13.6. The molecule has 1 aliphatic rings. The van der Waals surface area contributed by atoms with Gasteiger partial charge >= 0.3 is 5.97 Å². The highest BCUT2D eigenvalue weighted by Gasteiger charge is 2.30. The van der Waals surface area contributed by atoms with Gasteiger partial charge in [0.15, 0.2) is 0 Å². The smallest absolute Gasteiger partial charge is 0.339 e. The molecule has 2 aromatic carbocycles. The van der Waals surface area contributed by atoms with Gasteiger partial charge in [0.1, 0.15) is 18.5 Å². The number of pyridine rings is 1. The van der Waals surface area contributed by atoms with E-state index in [-0.39, 0.29) is 30.5 Å². The molecule has 1 unspecified atom stereocenters. The van der Waals surface area contributed by atoms with Crippen LogP contribution in [0.3, 0.4) is 0 Å². The number of carbonyl (C=O) groups excluding carboxylic acids is 2. The predicted octanol–water partition coefficient (Wildman–Crippen LogP) is 3.32. The summed E-state index contributed by atoms with van der Waals surface area (Å²) in [6, 6.07) is 12.4. The van der Waals surface area contributed by atoms with Crippen LogP contribution in [0.5, 0.6) is 0 Å². The number of amides is 1.